The smallest absolute Gasteiger partial charge is 0.387 e. The van der Waals surface area contributed by atoms with Crippen molar-refractivity contribution in [3.05, 3.63) is 53.2 Å². The Labute approximate surface area is 139 Å². The minimum atomic E-state index is -3.00. The van der Waals surface area contributed by atoms with Crippen molar-refractivity contribution in [2.75, 3.05) is 0 Å². The highest BCUT2D eigenvalue weighted by Crippen LogP contribution is 2.21. The number of carbonyl (C=O) groups excluding carboxylic acids is 1. The highest BCUT2D eigenvalue weighted by atomic mass is 32.1. The maximum atomic E-state index is 12.4. The van der Waals surface area contributed by atoms with Crippen LogP contribution < -0.4 is 10.1 Å². The van der Waals surface area contributed by atoms with E-state index in [-0.39, 0.29) is 17.9 Å². The van der Waals surface area contributed by atoms with Crippen LogP contribution in [-0.4, -0.2) is 27.7 Å². The van der Waals surface area contributed by atoms with E-state index < -0.39 is 12.5 Å². The molecule has 6 nitrogen and oxygen atoms in total. The average molecular weight is 350 g/mol. The second-order valence-corrected chi connectivity index (χ2v) is 5.58. The normalized spacial score (nSPS) is 10.8. The topological polar surface area (TPSA) is 79.9 Å². The fraction of sp³-hybridized carbons (Fsp3) is 0.133. The van der Waals surface area contributed by atoms with Gasteiger partial charge in [-0.15, -0.1) is 11.3 Å². The lowest BCUT2D eigenvalue weighted by Gasteiger charge is -2.09. The number of alkyl halides is 2. The molecule has 0 unspecified atom stereocenters. The van der Waals surface area contributed by atoms with Crippen LogP contribution in [0.2, 0.25) is 0 Å². The molecule has 2 N–H and O–H groups in total. The first kappa shape index (κ1) is 16.1. The number of para-hydroxylation sites is 1. The van der Waals surface area contributed by atoms with Crippen molar-refractivity contribution >= 4 is 17.2 Å². The highest BCUT2D eigenvalue weighted by molar-refractivity contribution is 7.13. The molecule has 3 rings (SSSR count). The molecule has 0 aliphatic carbocycles. The van der Waals surface area contributed by atoms with Crippen molar-refractivity contribution in [2.24, 2.45) is 0 Å². The number of aromatic amines is 1. The molecule has 2 aromatic heterocycles. The predicted octanol–water partition coefficient (Wildman–Crippen LogP) is 3.06. The zero-order valence-electron chi connectivity index (χ0n) is 12.2. The summed E-state index contributed by atoms with van der Waals surface area (Å²) in [6.45, 7) is -2.94. The third-order valence-corrected chi connectivity index (χ3v) is 3.92. The Bertz CT molecular complexity index is 821. The van der Waals surface area contributed by atoms with Gasteiger partial charge in [-0.1, -0.05) is 18.2 Å². The van der Waals surface area contributed by atoms with E-state index in [0.29, 0.717) is 11.6 Å². The summed E-state index contributed by atoms with van der Waals surface area (Å²) >= 11 is 1.51. The zero-order valence-corrected chi connectivity index (χ0v) is 13.0. The fourth-order valence-electron chi connectivity index (χ4n) is 2.01. The maximum absolute atomic E-state index is 12.4. The van der Waals surface area contributed by atoms with Gasteiger partial charge in [0, 0.05) is 0 Å². The molecule has 0 fully saturated rings. The van der Waals surface area contributed by atoms with Crippen LogP contribution in [0.1, 0.15) is 16.2 Å². The highest BCUT2D eigenvalue weighted by Gasteiger charge is 2.16. The van der Waals surface area contributed by atoms with Crippen LogP contribution in [0.5, 0.6) is 5.75 Å². The van der Waals surface area contributed by atoms with Crippen LogP contribution in [0.25, 0.3) is 10.7 Å². The molecule has 3 aromatic rings. The number of benzene rings is 1. The Morgan fingerprint density at radius 3 is 2.88 bits per heavy atom. The van der Waals surface area contributed by atoms with E-state index >= 15 is 0 Å². The maximum Gasteiger partial charge on any atom is 0.387 e. The summed E-state index contributed by atoms with van der Waals surface area (Å²) in [6, 6.07) is 9.58. The minimum absolute atomic E-state index is 0.0202. The predicted molar refractivity (Wildman–Crippen MR) is 83.9 cm³/mol. The molecule has 0 aliphatic rings. The summed E-state index contributed by atoms with van der Waals surface area (Å²) < 4.78 is 29.1. The number of carbonyl (C=O) groups is 1. The van der Waals surface area contributed by atoms with Gasteiger partial charge in [0.15, 0.2) is 11.6 Å². The molecule has 2 heterocycles. The van der Waals surface area contributed by atoms with Gasteiger partial charge < -0.3 is 10.1 Å². The SMILES string of the molecule is O=C(NCc1n[nH]c(-c2cccs2)n1)c1ccccc1OC(F)F. The van der Waals surface area contributed by atoms with Crippen LogP contribution in [0.4, 0.5) is 8.78 Å². The van der Waals surface area contributed by atoms with E-state index in [1.54, 1.807) is 6.07 Å². The number of aromatic nitrogens is 3. The van der Waals surface area contributed by atoms with Gasteiger partial charge in [-0.3, -0.25) is 9.89 Å². The van der Waals surface area contributed by atoms with Crippen LogP contribution in [0.3, 0.4) is 0 Å². The Kier molecular flexibility index (Phi) is 4.80. The van der Waals surface area contributed by atoms with Crippen molar-refractivity contribution in [3.8, 4) is 16.5 Å². The van der Waals surface area contributed by atoms with E-state index in [9.17, 15) is 13.6 Å². The lowest BCUT2D eigenvalue weighted by molar-refractivity contribution is -0.0501. The first-order chi connectivity index (χ1) is 11.6. The Morgan fingerprint density at radius 1 is 1.29 bits per heavy atom. The van der Waals surface area contributed by atoms with Gasteiger partial charge in [-0.05, 0) is 23.6 Å². The quantitative estimate of drug-likeness (QED) is 0.716. The lowest BCUT2D eigenvalue weighted by Crippen LogP contribution is -2.24. The van der Waals surface area contributed by atoms with Crippen LogP contribution in [0, 0.1) is 0 Å². The summed E-state index contributed by atoms with van der Waals surface area (Å²) in [5, 5.41) is 11.3. The Balaban J connectivity index is 1.66. The number of hydrogen-bond donors (Lipinski definition) is 2. The molecular weight excluding hydrogens is 338 g/mol. The largest absolute Gasteiger partial charge is 0.434 e. The summed E-state index contributed by atoms with van der Waals surface area (Å²) in [4.78, 5) is 17.3. The first-order valence-corrected chi connectivity index (χ1v) is 7.78. The Hall–Kier alpha value is -2.81. The van der Waals surface area contributed by atoms with E-state index in [4.69, 9.17) is 0 Å². The molecule has 124 valence electrons. The number of hydrogen-bond acceptors (Lipinski definition) is 5. The van der Waals surface area contributed by atoms with Gasteiger partial charge in [0.1, 0.15) is 5.75 Å². The second kappa shape index (κ2) is 7.18. The van der Waals surface area contributed by atoms with Crippen molar-refractivity contribution in [1.29, 1.82) is 0 Å². The molecule has 0 spiro atoms. The molecule has 9 heteroatoms. The number of rotatable bonds is 6. The molecule has 0 radical (unpaired) electrons. The molecule has 1 aromatic carbocycles. The van der Waals surface area contributed by atoms with Gasteiger partial charge >= 0.3 is 6.61 Å². The number of amides is 1. The molecule has 24 heavy (non-hydrogen) atoms. The van der Waals surface area contributed by atoms with Crippen LogP contribution >= 0.6 is 11.3 Å². The summed E-state index contributed by atoms with van der Waals surface area (Å²) in [6.07, 6.45) is 0. The molecule has 0 bridgehead atoms. The summed E-state index contributed by atoms with van der Waals surface area (Å²) in [5.41, 5.74) is 0.0202. The third kappa shape index (κ3) is 3.74. The number of nitrogens with one attached hydrogen (secondary N) is 2. The lowest BCUT2D eigenvalue weighted by atomic mass is 10.2. The number of nitrogens with zero attached hydrogens (tertiary/aromatic N) is 2. The van der Waals surface area contributed by atoms with Crippen molar-refractivity contribution < 1.29 is 18.3 Å². The van der Waals surface area contributed by atoms with E-state index in [1.807, 2.05) is 17.5 Å². The summed E-state index contributed by atoms with van der Waals surface area (Å²) in [5.74, 6) is 0.266. The van der Waals surface area contributed by atoms with E-state index in [2.05, 4.69) is 25.2 Å². The molecule has 0 saturated carbocycles. The van der Waals surface area contributed by atoms with Crippen LogP contribution in [0.15, 0.2) is 41.8 Å². The molecule has 0 aliphatic heterocycles. The zero-order chi connectivity index (χ0) is 16.9. The van der Waals surface area contributed by atoms with Gasteiger partial charge in [0.25, 0.3) is 5.91 Å². The van der Waals surface area contributed by atoms with Crippen molar-refractivity contribution in [3.63, 3.8) is 0 Å². The van der Waals surface area contributed by atoms with Crippen molar-refractivity contribution in [1.82, 2.24) is 20.5 Å². The van der Waals surface area contributed by atoms with Gasteiger partial charge in [-0.2, -0.15) is 13.9 Å². The number of thiophene rings is 1. The van der Waals surface area contributed by atoms with Gasteiger partial charge in [-0.25, -0.2) is 4.98 Å². The number of halogens is 2. The number of ether oxygens (including phenoxy) is 1. The van der Waals surface area contributed by atoms with E-state index in [0.717, 1.165) is 4.88 Å². The molecular formula is C15H12F2N4O2S. The standard InChI is InChI=1S/C15H12F2N4O2S/c16-15(17)23-10-5-2-1-4-9(10)14(22)18-8-12-19-13(21-20-12)11-6-3-7-24-11/h1-7,15H,8H2,(H,18,22)(H,19,20,21). The van der Waals surface area contributed by atoms with Gasteiger partial charge in [0.2, 0.25) is 0 Å². The third-order valence-electron chi connectivity index (χ3n) is 3.04. The molecule has 0 saturated heterocycles. The minimum Gasteiger partial charge on any atom is -0.434 e. The van der Waals surface area contributed by atoms with Crippen molar-refractivity contribution in [2.45, 2.75) is 13.2 Å². The molecule has 0 atom stereocenters. The fourth-order valence-corrected chi connectivity index (χ4v) is 2.67. The summed E-state index contributed by atoms with van der Waals surface area (Å²) in [7, 11) is 0. The monoisotopic (exact) mass is 350 g/mol. The van der Waals surface area contributed by atoms with E-state index in [1.165, 1.54) is 29.5 Å². The second-order valence-electron chi connectivity index (χ2n) is 4.63. The number of H-pyrrole nitrogens is 1. The van der Waals surface area contributed by atoms with Gasteiger partial charge in [0.05, 0.1) is 17.0 Å². The first-order valence-electron chi connectivity index (χ1n) is 6.90. The average Bonchev–Trinajstić information content (AvgIpc) is 3.24. The Morgan fingerprint density at radius 2 is 2.12 bits per heavy atom. The molecule has 1 amide bonds. The van der Waals surface area contributed by atoms with Crippen LogP contribution in [-0.2, 0) is 6.54 Å².